The zero-order valence-electron chi connectivity index (χ0n) is 12.6. The van der Waals surface area contributed by atoms with Crippen molar-refractivity contribution in [1.29, 1.82) is 0 Å². The fourth-order valence-electron chi connectivity index (χ4n) is 3.38. The summed E-state index contributed by atoms with van der Waals surface area (Å²) in [5, 5.41) is 12.3. The number of benzene rings is 2. The third-order valence-electron chi connectivity index (χ3n) is 4.59. The molecule has 0 atom stereocenters. The van der Waals surface area contributed by atoms with E-state index < -0.39 is 5.41 Å². The second kappa shape index (κ2) is 6.32. The van der Waals surface area contributed by atoms with Gasteiger partial charge in [-0.1, -0.05) is 55.3 Å². The van der Waals surface area contributed by atoms with Crippen molar-refractivity contribution < 1.29 is 9.90 Å². The van der Waals surface area contributed by atoms with Crippen LogP contribution in [0, 0.1) is 0 Å². The summed E-state index contributed by atoms with van der Waals surface area (Å²) in [6.45, 7) is -0.0203. The van der Waals surface area contributed by atoms with Crippen LogP contribution in [0.4, 0.5) is 5.69 Å². The number of hydrogen-bond acceptors (Lipinski definition) is 2. The number of amides is 1. The molecule has 2 N–H and O–H groups in total. The molecule has 3 rings (SSSR count). The van der Waals surface area contributed by atoms with Crippen LogP contribution >= 0.6 is 0 Å². The van der Waals surface area contributed by atoms with E-state index >= 15 is 0 Å². The third-order valence-corrected chi connectivity index (χ3v) is 4.59. The minimum Gasteiger partial charge on any atom is -0.392 e. The number of hydrogen-bond donors (Lipinski definition) is 2. The Bertz CT molecular complexity index is 645. The molecule has 1 fully saturated rings. The fraction of sp³-hybridized carbons (Fsp3) is 0.316. The van der Waals surface area contributed by atoms with Crippen molar-refractivity contribution >= 4 is 11.6 Å². The number of anilines is 1. The molecule has 0 radical (unpaired) electrons. The van der Waals surface area contributed by atoms with E-state index in [9.17, 15) is 9.90 Å². The van der Waals surface area contributed by atoms with Crippen LogP contribution in [0.2, 0.25) is 0 Å². The summed E-state index contributed by atoms with van der Waals surface area (Å²) >= 11 is 0. The molecule has 114 valence electrons. The highest BCUT2D eigenvalue weighted by atomic mass is 16.3. The van der Waals surface area contributed by atoms with E-state index in [1.807, 2.05) is 42.5 Å². The second-order valence-corrected chi connectivity index (χ2v) is 5.97. The molecule has 0 saturated heterocycles. The maximum absolute atomic E-state index is 13.0. The number of nitrogens with one attached hydrogen (secondary N) is 1. The lowest BCUT2D eigenvalue weighted by Crippen LogP contribution is -2.37. The SMILES string of the molecule is O=C(Nc1cccc(CO)c1)C1(c2ccccc2)CCCC1. The molecule has 0 bridgehead atoms. The second-order valence-electron chi connectivity index (χ2n) is 5.97. The maximum Gasteiger partial charge on any atom is 0.235 e. The predicted molar refractivity (Wildman–Crippen MR) is 87.6 cm³/mol. The molecule has 0 aromatic heterocycles. The van der Waals surface area contributed by atoms with E-state index in [1.165, 1.54) is 0 Å². The van der Waals surface area contributed by atoms with Gasteiger partial charge in [-0.15, -0.1) is 0 Å². The Kier molecular flexibility index (Phi) is 4.25. The molecule has 2 aromatic carbocycles. The molecule has 0 heterocycles. The van der Waals surface area contributed by atoms with Crippen molar-refractivity contribution in [3.05, 3.63) is 65.7 Å². The molecule has 2 aromatic rings. The van der Waals surface area contributed by atoms with Gasteiger partial charge in [0.15, 0.2) is 0 Å². The van der Waals surface area contributed by atoms with Gasteiger partial charge in [0.1, 0.15) is 0 Å². The van der Waals surface area contributed by atoms with E-state index in [0.29, 0.717) is 0 Å². The van der Waals surface area contributed by atoms with Crippen molar-refractivity contribution in [3.63, 3.8) is 0 Å². The normalized spacial score (nSPS) is 16.4. The first-order valence-corrected chi connectivity index (χ1v) is 7.81. The van der Waals surface area contributed by atoms with Gasteiger partial charge in [0.05, 0.1) is 12.0 Å². The molecule has 0 spiro atoms. The summed E-state index contributed by atoms with van der Waals surface area (Å²) < 4.78 is 0. The van der Waals surface area contributed by atoms with E-state index in [1.54, 1.807) is 0 Å². The first-order chi connectivity index (χ1) is 10.7. The summed E-state index contributed by atoms with van der Waals surface area (Å²) in [6, 6.07) is 17.5. The van der Waals surface area contributed by atoms with Gasteiger partial charge in [0, 0.05) is 5.69 Å². The van der Waals surface area contributed by atoms with E-state index in [4.69, 9.17) is 0 Å². The number of aliphatic hydroxyl groups excluding tert-OH is 1. The highest BCUT2D eigenvalue weighted by Crippen LogP contribution is 2.42. The summed E-state index contributed by atoms with van der Waals surface area (Å²) in [5.41, 5.74) is 2.23. The van der Waals surface area contributed by atoms with Crippen LogP contribution in [0.3, 0.4) is 0 Å². The average molecular weight is 295 g/mol. The lowest BCUT2D eigenvalue weighted by Gasteiger charge is -2.28. The molecular formula is C19H21NO2. The number of carbonyl (C=O) groups excluding carboxylic acids is 1. The molecule has 0 aliphatic heterocycles. The Morgan fingerprint density at radius 3 is 2.45 bits per heavy atom. The van der Waals surface area contributed by atoms with Crippen molar-refractivity contribution in [2.45, 2.75) is 37.7 Å². The smallest absolute Gasteiger partial charge is 0.235 e. The van der Waals surface area contributed by atoms with Crippen molar-refractivity contribution in [2.75, 3.05) is 5.32 Å². The van der Waals surface area contributed by atoms with Gasteiger partial charge in [-0.3, -0.25) is 4.79 Å². The zero-order valence-corrected chi connectivity index (χ0v) is 12.6. The predicted octanol–water partition coefficient (Wildman–Crippen LogP) is 3.63. The summed E-state index contributed by atoms with van der Waals surface area (Å²) in [7, 11) is 0. The van der Waals surface area contributed by atoms with Crippen LogP contribution in [0.5, 0.6) is 0 Å². The Labute approximate surface area is 131 Å². The first-order valence-electron chi connectivity index (χ1n) is 7.81. The quantitative estimate of drug-likeness (QED) is 0.905. The van der Waals surface area contributed by atoms with Crippen LogP contribution in [-0.4, -0.2) is 11.0 Å². The highest BCUT2D eigenvalue weighted by molar-refractivity contribution is 5.99. The van der Waals surface area contributed by atoms with Gasteiger partial charge in [-0.2, -0.15) is 0 Å². The molecule has 1 aliphatic carbocycles. The topological polar surface area (TPSA) is 49.3 Å². The van der Waals surface area contributed by atoms with E-state index in [-0.39, 0.29) is 12.5 Å². The molecule has 1 amide bonds. The number of aliphatic hydroxyl groups is 1. The Morgan fingerprint density at radius 2 is 1.77 bits per heavy atom. The lowest BCUT2D eigenvalue weighted by molar-refractivity contribution is -0.121. The van der Waals surface area contributed by atoms with Crippen molar-refractivity contribution in [1.82, 2.24) is 0 Å². The minimum atomic E-state index is -0.420. The van der Waals surface area contributed by atoms with Crippen LogP contribution in [0.15, 0.2) is 54.6 Å². The van der Waals surface area contributed by atoms with Gasteiger partial charge in [-0.25, -0.2) is 0 Å². The van der Waals surface area contributed by atoms with Crippen LogP contribution < -0.4 is 5.32 Å². The maximum atomic E-state index is 13.0. The number of rotatable bonds is 4. The van der Waals surface area contributed by atoms with Gasteiger partial charge < -0.3 is 10.4 Å². The molecule has 3 nitrogen and oxygen atoms in total. The third kappa shape index (κ3) is 2.77. The average Bonchev–Trinajstić information content (AvgIpc) is 3.07. The van der Waals surface area contributed by atoms with Gasteiger partial charge in [0.25, 0.3) is 0 Å². The van der Waals surface area contributed by atoms with Gasteiger partial charge in [0.2, 0.25) is 5.91 Å². The van der Waals surface area contributed by atoms with Gasteiger partial charge >= 0.3 is 0 Å². The molecule has 1 aliphatic rings. The van der Waals surface area contributed by atoms with Crippen molar-refractivity contribution in [2.24, 2.45) is 0 Å². The fourth-order valence-corrected chi connectivity index (χ4v) is 3.38. The lowest BCUT2D eigenvalue weighted by atomic mass is 9.78. The standard InChI is InChI=1S/C19H21NO2/c21-14-15-7-6-10-17(13-15)20-18(22)19(11-4-5-12-19)16-8-2-1-3-9-16/h1-3,6-10,13,21H,4-5,11-12,14H2,(H,20,22). The Hall–Kier alpha value is -2.13. The molecular weight excluding hydrogens is 274 g/mol. The van der Waals surface area contributed by atoms with E-state index in [2.05, 4.69) is 17.4 Å². The molecule has 3 heteroatoms. The van der Waals surface area contributed by atoms with Crippen molar-refractivity contribution in [3.8, 4) is 0 Å². The van der Waals surface area contributed by atoms with Crippen LogP contribution in [0.1, 0.15) is 36.8 Å². The van der Waals surface area contributed by atoms with Crippen LogP contribution in [0.25, 0.3) is 0 Å². The highest BCUT2D eigenvalue weighted by Gasteiger charge is 2.42. The summed E-state index contributed by atoms with van der Waals surface area (Å²) in [4.78, 5) is 13.0. The Morgan fingerprint density at radius 1 is 1.05 bits per heavy atom. The first kappa shape index (κ1) is 14.8. The molecule has 22 heavy (non-hydrogen) atoms. The Balaban J connectivity index is 1.87. The molecule has 1 saturated carbocycles. The monoisotopic (exact) mass is 295 g/mol. The zero-order chi connectivity index (χ0) is 15.4. The molecule has 0 unspecified atom stereocenters. The largest absolute Gasteiger partial charge is 0.392 e. The van der Waals surface area contributed by atoms with E-state index in [0.717, 1.165) is 42.5 Å². The minimum absolute atomic E-state index is 0.0203. The summed E-state index contributed by atoms with van der Waals surface area (Å²) in [6.07, 6.45) is 3.95. The van der Waals surface area contributed by atoms with Crippen LogP contribution in [-0.2, 0) is 16.8 Å². The number of carbonyl (C=O) groups is 1. The van der Waals surface area contributed by atoms with Gasteiger partial charge in [-0.05, 0) is 36.1 Å². The summed E-state index contributed by atoms with van der Waals surface area (Å²) in [5.74, 6) is 0.0614.